The highest BCUT2D eigenvalue weighted by molar-refractivity contribution is 6.30. The molecule has 4 heteroatoms. The third-order valence-electron chi connectivity index (χ3n) is 2.53. The Morgan fingerprint density at radius 3 is 2.41 bits per heavy atom. The largest absolute Gasteiger partial charge is 0.338 e. The van der Waals surface area contributed by atoms with E-state index in [1.54, 1.807) is 0 Å². The summed E-state index contributed by atoms with van der Waals surface area (Å²) in [6.45, 7) is 6.62. The minimum atomic E-state index is -0.414. The zero-order chi connectivity index (χ0) is 12.9. The van der Waals surface area contributed by atoms with E-state index in [0.717, 1.165) is 12.0 Å². The average molecular weight is 255 g/mol. The van der Waals surface area contributed by atoms with E-state index in [4.69, 9.17) is 11.6 Å². The van der Waals surface area contributed by atoms with Crippen LogP contribution in [0.2, 0.25) is 5.02 Å². The van der Waals surface area contributed by atoms with Gasteiger partial charge in [-0.15, -0.1) is 0 Å². The molecule has 0 unspecified atom stereocenters. The number of amides is 2. The van der Waals surface area contributed by atoms with Gasteiger partial charge in [0.1, 0.15) is 0 Å². The molecule has 1 rings (SSSR count). The molecule has 0 heterocycles. The van der Waals surface area contributed by atoms with Gasteiger partial charge in [0.2, 0.25) is 0 Å². The van der Waals surface area contributed by atoms with Crippen molar-refractivity contribution in [3.8, 4) is 0 Å². The molecule has 0 fully saturated rings. The van der Waals surface area contributed by atoms with Crippen LogP contribution >= 0.6 is 11.6 Å². The van der Waals surface area contributed by atoms with Gasteiger partial charge in [-0.3, -0.25) is 0 Å². The summed E-state index contributed by atoms with van der Waals surface area (Å²) in [5, 5.41) is 6.42. The Kier molecular flexibility index (Phi) is 4.82. The quantitative estimate of drug-likeness (QED) is 0.851. The normalized spacial score (nSPS) is 11.1. The van der Waals surface area contributed by atoms with E-state index in [-0.39, 0.29) is 6.03 Å². The third-order valence-corrected chi connectivity index (χ3v) is 2.78. The lowest BCUT2D eigenvalue weighted by Crippen LogP contribution is -2.46. The van der Waals surface area contributed by atoms with Gasteiger partial charge in [-0.05, 0) is 38.0 Å². The maximum Gasteiger partial charge on any atom is 0.315 e. The van der Waals surface area contributed by atoms with Crippen LogP contribution in [0.3, 0.4) is 0 Å². The van der Waals surface area contributed by atoms with Crippen molar-refractivity contribution in [2.24, 2.45) is 0 Å². The number of benzene rings is 1. The summed E-state index contributed by atoms with van der Waals surface area (Å²) < 4.78 is 0. The van der Waals surface area contributed by atoms with Crippen LogP contribution in [0.4, 0.5) is 4.79 Å². The molecule has 0 atom stereocenters. The summed E-state index contributed by atoms with van der Waals surface area (Å²) in [5.41, 5.74) is 0.608. The lowest BCUT2D eigenvalue weighted by atomic mass is 9.94. The number of hydrogen-bond donors (Lipinski definition) is 2. The molecular formula is C13H19ClN2O. The number of hydrogen-bond acceptors (Lipinski definition) is 1. The first-order valence-corrected chi connectivity index (χ1v) is 6.15. The van der Waals surface area contributed by atoms with Crippen molar-refractivity contribution in [2.75, 3.05) is 6.54 Å². The zero-order valence-electron chi connectivity index (χ0n) is 10.5. The predicted molar refractivity (Wildman–Crippen MR) is 71.3 cm³/mol. The molecule has 0 aliphatic rings. The molecule has 0 bridgehead atoms. The van der Waals surface area contributed by atoms with Crippen molar-refractivity contribution in [3.63, 3.8) is 0 Å². The molecule has 1 aromatic carbocycles. The third kappa shape index (κ3) is 4.27. The first-order valence-electron chi connectivity index (χ1n) is 5.78. The number of rotatable bonds is 4. The Hall–Kier alpha value is -1.22. The van der Waals surface area contributed by atoms with Gasteiger partial charge in [-0.2, -0.15) is 0 Å². The standard InChI is InChI=1S/C13H19ClN2O/c1-4-9-15-12(17)16-13(2,3)10-5-7-11(14)8-6-10/h5-8H,4,9H2,1-3H3,(H2,15,16,17). The Labute approximate surface area is 108 Å². The topological polar surface area (TPSA) is 41.1 Å². The number of carbonyl (C=O) groups excluding carboxylic acids is 1. The minimum Gasteiger partial charge on any atom is -0.338 e. The van der Waals surface area contributed by atoms with Crippen molar-refractivity contribution >= 4 is 17.6 Å². The van der Waals surface area contributed by atoms with Gasteiger partial charge in [0.05, 0.1) is 5.54 Å². The van der Waals surface area contributed by atoms with Gasteiger partial charge in [-0.1, -0.05) is 30.7 Å². The van der Waals surface area contributed by atoms with E-state index in [1.807, 2.05) is 45.0 Å². The van der Waals surface area contributed by atoms with Crippen LogP contribution in [0.25, 0.3) is 0 Å². The molecule has 17 heavy (non-hydrogen) atoms. The highest BCUT2D eigenvalue weighted by Crippen LogP contribution is 2.21. The van der Waals surface area contributed by atoms with Crippen LogP contribution in [0, 0.1) is 0 Å². The summed E-state index contributed by atoms with van der Waals surface area (Å²) in [6, 6.07) is 7.34. The molecule has 1 aromatic rings. The summed E-state index contributed by atoms with van der Waals surface area (Å²) in [7, 11) is 0. The Bertz CT molecular complexity index is 374. The fourth-order valence-corrected chi connectivity index (χ4v) is 1.63. The van der Waals surface area contributed by atoms with Gasteiger partial charge < -0.3 is 10.6 Å². The Morgan fingerprint density at radius 1 is 1.29 bits per heavy atom. The van der Waals surface area contributed by atoms with Crippen molar-refractivity contribution < 1.29 is 4.79 Å². The van der Waals surface area contributed by atoms with Crippen LogP contribution in [0.15, 0.2) is 24.3 Å². The second kappa shape index (κ2) is 5.92. The van der Waals surface area contributed by atoms with Gasteiger partial charge in [0.25, 0.3) is 0 Å². The summed E-state index contributed by atoms with van der Waals surface area (Å²) in [4.78, 5) is 11.6. The monoisotopic (exact) mass is 254 g/mol. The number of urea groups is 1. The van der Waals surface area contributed by atoms with Crippen LogP contribution in [0.5, 0.6) is 0 Å². The SMILES string of the molecule is CCCNC(=O)NC(C)(C)c1ccc(Cl)cc1. The molecule has 2 amide bonds. The molecule has 3 nitrogen and oxygen atoms in total. The van der Waals surface area contributed by atoms with Crippen molar-refractivity contribution in [1.82, 2.24) is 10.6 Å². The van der Waals surface area contributed by atoms with E-state index in [1.165, 1.54) is 0 Å². The molecule has 0 spiro atoms. The van der Waals surface area contributed by atoms with Crippen LogP contribution in [0.1, 0.15) is 32.8 Å². The molecular weight excluding hydrogens is 236 g/mol. The second-order valence-corrected chi connectivity index (χ2v) is 4.95. The van der Waals surface area contributed by atoms with Gasteiger partial charge in [-0.25, -0.2) is 4.79 Å². The maximum atomic E-state index is 11.6. The molecule has 0 radical (unpaired) electrons. The van der Waals surface area contributed by atoms with Crippen molar-refractivity contribution in [1.29, 1.82) is 0 Å². The first-order chi connectivity index (χ1) is 7.95. The fourth-order valence-electron chi connectivity index (χ4n) is 1.51. The van der Waals surface area contributed by atoms with Crippen LogP contribution in [-0.2, 0) is 5.54 Å². The average Bonchev–Trinajstić information content (AvgIpc) is 2.26. The van der Waals surface area contributed by atoms with Crippen molar-refractivity contribution in [3.05, 3.63) is 34.9 Å². The van der Waals surface area contributed by atoms with E-state index in [9.17, 15) is 4.79 Å². The van der Waals surface area contributed by atoms with Gasteiger partial charge in [0.15, 0.2) is 0 Å². The minimum absolute atomic E-state index is 0.146. The number of carbonyl (C=O) groups is 1. The molecule has 2 N–H and O–H groups in total. The highest BCUT2D eigenvalue weighted by atomic mass is 35.5. The smallest absolute Gasteiger partial charge is 0.315 e. The lowest BCUT2D eigenvalue weighted by molar-refractivity contribution is 0.230. The van der Waals surface area contributed by atoms with Crippen molar-refractivity contribution in [2.45, 2.75) is 32.7 Å². The number of halogens is 1. The molecule has 0 saturated carbocycles. The van der Waals surface area contributed by atoms with Crippen LogP contribution in [-0.4, -0.2) is 12.6 Å². The van der Waals surface area contributed by atoms with Crippen LogP contribution < -0.4 is 10.6 Å². The molecule has 0 saturated heterocycles. The molecule has 0 aliphatic heterocycles. The molecule has 94 valence electrons. The predicted octanol–water partition coefficient (Wildman–Crippen LogP) is 3.28. The second-order valence-electron chi connectivity index (χ2n) is 4.51. The first kappa shape index (κ1) is 13.8. The fraction of sp³-hybridized carbons (Fsp3) is 0.462. The maximum absolute atomic E-state index is 11.6. The summed E-state index contributed by atoms with van der Waals surface area (Å²) >= 11 is 5.84. The van der Waals surface area contributed by atoms with E-state index < -0.39 is 5.54 Å². The Morgan fingerprint density at radius 2 is 1.88 bits per heavy atom. The summed E-state index contributed by atoms with van der Waals surface area (Å²) in [5.74, 6) is 0. The van der Waals surface area contributed by atoms with E-state index in [0.29, 0.717) is 11.6 Å². The lowest BCUT2D eigenvalue weighted by Gasteiger charge is -2.27. The van der Waals surface area contributed by atoms with Gasteiger partial charge in [0, 0.05) is 11.6 Å². The Balaban J connectivity index is 2.67. The summed E-state index contributed by atoms with van der Waals surface area (Å²) in [6.07, 6.45) is 0.925. The highest BCUT2D eigenvalue weighted by Gasteiger charge is 2.22. The zero-order valence-corrected chi connectivity index (χ0v) is 11.3. The van der Waals surface area contributed by atoms with Gasteiger partial charge >= 0.3 is 6.03 Å². The molecule has 0 aromatic heterocycles. The van der Waals surface area contributed by atoms with E-state index in [2.05, 4.69) is 10.6 Å². The van der Waals surface area contributed by atoms with E-state index >= 15 is 0 Å². The molecule has 0 aliphatic carbocycles. The number of nitrogens with one attached hydrogen (secondary N) is 2.